The summed E-state index contributed by atoms with van der Waals surface area (Å²) in [5.74, 6) is 0. The number of halogens is 2. The molecule has 304 valence electrons. The molecule has 6 aromatic carbocycles. The average molecular weight is 1080 g/mol. The molecule has 4 nitrogen and oxygen atoms in total. The van der Waals surface area contributed by atoms with Crippen LogP contribution in [-0.4, -0.2) is 36.6 Å². The predicted octanol–water partition coefficient (Wildman–Crippen LogP) is 11.5. The van der Waals surface area contributed by atoms with Gasteiger partial charge in [0, 0.05) is 74.4 Å². The van der Waals surface area contributed by atoms with Crippen LogP contribution in [0.1, 0.15) is 88.8 Å². The van der Waals surface area contributed by atoms with Crippen molar-refractivity contribution in [2.24, 2.45) is 0 Å². The Hall–Kier alpha value is -1.54. The molecule has 2 fully saturated rings. The summed E-state index contributed by atoms with van der Waals surface area (Å²) in [6, 6.07) is 44.8. The molecule has 61 heavy (non-hydrogen) atoms. The Morgan fingerprint density at radius 1 is 0.410 bits per heavy atom. The summed E-state index contributed by atoms with van der Waals surface area (Å²) in [4.78, 5) is 0. The minimum atomic E-state index is -0.336. The van der Waals surface area contributed by atoms with Crippen molar-refractivity contribution >= 4 is 57.0 Å². The minimum absolute atomic E-state index is 0. The molecular formula is C51H48B2Br2O4Y2-2. The van der Waals surface area contributed by atoms with Crippen molar-refractivity contribution in [2.75, 3.05) is 0 Å². The zero-order valence-electron chi connectivity index (χ0n) is 36.2. The van der Waals surface area contributed by atoms with E-state index < -0.39 is 0 Å². The molecular weight excluding hydrogens is 1040 g/mol. The fraction of sp³-hybridized carbons (Fsp3) is 0.294. The molecule has 0 N–H and O–H groups in total. The second-order valence-electron chi connectivity index (χ2n) is 18.3. The van der Waals surface area contributed by atoms with Crippen molar-refractivity contribution in [3.63, 3.8) is 0 Å². The van der Waals surface area contributed by atoms with Crippen LogP contribution in [0.4, 0.5) is 0 Å². The third-order valence-electron chi connectivity index (χ3n) is 13.4. The van der Waals surface area contributed by atoms with Gasteiger partial charge in [0.2, 0.25) is 0 Å². The van der Waals surface area contributed by atoms with Crippen molar-refractivity contribution in [3.8, 4) is 33.4 Å². The summed E-state index contributed by atoms with van der Waals surface area (Å²) < 4.78 is 27.3. The van der Waals surface area contributed by atoms with Crippen molar-refractivity contribution < 1.29 is 84.0 Å². The number of benzene rings is 6. The molecule has 2 heterocycles. The smallest absolute Gasteiger partial charge is 0.399 e. The maximum atomic E-state index is 6.26. The molecule has 3 aliphatic carbocycles. The monoisotopic (exact) mass is 1080 g/mol. The predicted molar refractivity (Wildman–Crippen MR) is 249 cm³/mol. The fourth-order valence-corrected chi connectivity index (χ4v) is 9.42. The van der Waals surface area contributed by atoms with Crippen LogP contribution in [0.15, 0.2) is 118 Å². The second-order valence-corrected chi connectivity index (χ2v) is 20.1. The van der Waals surface area contributed by atoms with E-state index in [2.05, 4.69) is 196 Å². The summed E-state index contributed by atoms with van der Waals surface area (Å²) in [5.41, 5.74) is 17.1. The molecule has 5 aliphatic rings. The van der Waals surface area contributed by atoms with Crippen LogP contribution in [0.2, 0.25) is 0 Å². The van der Waals surface area contributed by atoms with Gasteiger partial charge >= 0.3 is 14.2 Å². The number of hydrogen-bond acceptors (Lipinski definition) is 4. The van der Waals surface area contributed by atoms with Gasteiger partial charge in [-0.2, -0.15) is 59.7 Å². The average Bonchev–Trinajstić information content (AvgIpc) is 3.95. The molecule has 11 rings (SSSR count). The topological polar surface area (TPSA) is 36.9 Å². The van der Waals surface area contributed by atoms with Crippen molar-refractivity contribution in [2.45, 2.75) is 97.1 Å². The van der Waals surface area contributed by atoms with Crippen LogP contribution in [0.3, 0.4) is 0 Å². The number of rotatable bonds is 2. The van der Waals surface area contributed by atoms with E-state index in [0.717, 1.165) is 39.1 Å². The van der Waals surface area contributed by atoms with Crippen LogP contribution in [0.5, 0.6) is 0 Å². The van der Waals surface area contributed by atoms with E-state index in [1.807, 2.05) is 12.1 Å². The largest absolute Gasteiger partial charge is 0.494 e. The molecule has 0 saturated carbocycles. The molecule has 10 heteroatoms. The third-order valence-corrected chi connectivity index (χ3v) is 14.3. The standard InChI is InChI=1S/C25H32B2O4.C13H8Br2.C13H8.2Y/c1-22(2)23(3,4)29-26(28-22)18-9-11-20-16(14-18)13-17-15-19(10-12-21(17)20)27-30-24(5,6)25(7,8)31-27;14-10-1-3-12-8(6-10)5-9-7-11(15)2-4-13(9)12;1-3-7-12-10(5-1)9-11-6-2-4-8-13(11)12;;/h9-12,14-15H,13H2,1-8H3;1-4,6-7H,5H2;3-8H,9H2;;/q;;-2;;. The summed E-state index contributed by atoms with van der Waals surface area (Å²) in [6.45, 7) is 16.7. The minimum Gasteiger partial charge on any atom is -0.399 e. The van der Waals surface area contributed by atoms with E-state index in [-0.39, 0.29) is 102 Å². The third kappa shape index (κ3) is 9.18. The van der Waals surface area contributed by atoms with E-state index in [9.17, 15) is 0 Å². The van der Waals surface area contributed by atoms with Gasteiger partial charge in [-0.15, -0.1) is 11.1 Å². The van der Waals surface area contributed by atoms with E-state index >= 15 is 0 Å². The van der Waals surface area contributed by atoms with Gasteiger partial charge in [-0.25, -0.2) is 0 Å². The Bertz CT molecular complexity index is 2420. The van der Waals surface area contributed by atoms with Gasteiger partial charge in [0.15, 0.2) is 0 Å². The van der Waals surface area contributed by atoms with Crippen LogP contribution in [-0.2, 0) is 103 Å². The Kier molecular flexibility index (Phi) is 14.0. The summed E-state index contributed by atoms with van der Waals surface area (Å²) in [6.07, 6.45) is 2.98. The van der Waals surface area contributed by atoms with Crippen molar-refractivity contribution in [1.29, 1.82) is 0 Å². The summed E-state index contributed by atoms with van der Waals surface area (Å²) in [7, 11) is -0.668. The molecule has 2 radical (unpaired) electrons. The maximum absolute atomic E-state index is 6.26. The number of hydrogen-bond donors (Lipinski definition) is 0. The molecule has 2 saturated heterocycles. The molecule has 0 aromatic heterocycles. The maximum Gasteiger partial charge on any atom is 0.494 e. The molecule has 0 amide bonds. The van der Waals surface area contributed by atoms with E-state index in [0.29, 0.717) is 0 Å². The SMILES string of the molecule is Brc1ccc2c(c1)Cc1cc(Br)ccc1-2.CC1(C)OB(c2ccc3c(c2)Cc2cc(B4OC(C)(C)C(C)(C)O4)ccc2-3)OC1(C)C.[Y].[Y].[c-]1ccc2c(c1)Cc1c[c-]ccc1-2. The van der Waals surface area contributed by atoms with Gasteiger partial charge in [0.05, 0.1) is 22.4 Å². The first kappa shape index (κ1) is 47.4. The van der Waals surface area contributed by atoms with Gasteiger partial charge in [-0.1, -0.05) is 86.8 Å². The van der Waals surface area contributed by atoms with Crippen LogP contribution >= 0.6 is 31.9 Å². The molecule has 6 aromatic rings. The van der Waals surface area contributed by atoms with E-state index in [1.165, 1.54) is 66.8 Å². The quantitative estimate of drug-likeness (QED) is 0.128. The van der Waals surface area contributed by atoms with Gasteiger partial charge in [0.25, 0.3) is 0 Å². The molecule has 2 aliphatic heterocycles. The summed E-state index contributed by atoms with van der Waals surface area (Å²) >= 11 is 7.03. The van der Waals surface area contributed by atoms with Crippen LogP contribution in [0.25, 0.3) is 33.4 Å². The zero-order valence-corrected chi connectivity index (χ0v) is 45.1. The number of fused-ring (bicyclic) bond motifs is 9. The van der Waals surface area contributed by atoms with E-state index in [1.54, 1.807) is 0 Å². The first-order valence-electron chi connectivity index (χ1n) is 20.5. The first-order valence-corrected chi connectivity index (χ1v) is 22.1. The normalized spacial score (nSPS) is 18.1. The summed E-state index contributed by atoms with van der Waals surface area (Å²) in [5, 5.41) is 0. The Morgan fingerprint density at radius 2 is 0.705 bits per heavy atom. The van der Waals surface area contributed by atoms with Gasteiger partial charge in [-0.05, 0) is 148 Å². The van der Waals surface area contributed by atoms with Crippen molar-refractivity contribution in [1.82, 2.24) is 0 Å². The molecule has 0 unspecified atom stereocenters. The van der Waals surface area contributed by atoms with Gasteiger partial charge in [0.1, 0.15) is 0 Å². The Labute approximate surface area is 430 Å². The zero-order chi connectivity index (χ0) is 41.5. The fourth-order valence-electron chi connectivity index (χ4n) is 8.60. The van der Waals surface area contributed by atoms with Crippen LogP contribution < -0.4 is 10.9 Å². The van der Waals surface area contributed by atoms with E-state index in [4.69, 9.17) is 18.6 Å². The molecule has 0 atom stereocenters. The second kappa shape index (κ2) is 18.0. The van der Waals surface area contributed by atoms with Crippen molar-refractivity contribution in [3.05, 3.63) is 164 Å². The molecule has 0 spiro atoms. The molecule has 0 bridgehead atoms. The van der Waals surface area contributed by atoms with Gasteiger partial charge < -0.3 is 18.6 Å². The van der Waals surface area contributed by atoms with Crippen LogP contribution in [0, 0.1) is 12.1 Å². The Morgan fingerprint density at radius 3 is 1.07 bits per heavy atom. The van der Waals surface area contributed by atoms with Gasteiger partial charge in [-0.3, -0.25) is 0 Å². The first-order chi connectivity index (χ1) is 28.0. The Balaban J connectivity index is 0.000000155.